The molecule has 2 aromatic heterocycles. The van der Waals surface area contributed by atoms with Crippen LogP contribution in [0.25, 0.3) is 16.6 Å². The Morgan fingerprint density at radius 2 is 1.87 bits per heavy atom. The van der Waals surface area contributed by atoms with Crippen molar-refractivity contribution in [2.45, 2.75) is 33.6 Å². The molecule has 4 rings (SSSR count). The van der Waals surface area contributed by atoms with Crippen LogP contribution >= 0.6 is 27.5 Å². The van der Waals surface area contributed by atoms with Gasteiger partial charge in [-0.25, -0.2) is 4.98 Å². The molecule has 0 atom stereocenters. The zero-order valence-electron chi connectivity index (χ0n) is 17.7. The van der Waals surface area contributed by atoms with Gasteiger partial charge in [-0.1, -0.05) is 53.5 Å². The molecule has 2 heterocycles. The van der Waals surface area contributed by atoms with Gasteiger partial charge in [0.15, 0.2) is 0 Å². The Morgan fingerprint density at radius 1 is 1.13 bits per heavy atom. The lowest BCUT2D eigenvalue weighted by atomic mass is 10.2. The molecule has 0 aliphatic rings. The summed E-state index contributed by atoms with van der Waals surface area (Å²) in [7, 11) is 0. The Hall–Kier alpha value is -2.70. The standard InChI is InChI=1S/C24H22BrClN4O/c1-14(2)23-28-21-10-9-18(25)12-19(21)24(31)30(23)27-13-17-11-15(3)29(16(17)4)22-8-6-5-7-20(22)26/h5-14H,1-4H3. The molecule has 4 aromatic rings. The summed E-state index contributed by atoms with van der Waals surface area (Å²) in [5.74, 6) is 0.657. The molecule has 0 fully saturated rings. The van der Waals surface area contributed by atoms with Gasteiger partial charge in [0.05, 0.1) is 27.8 Å². The molecule has 0 bridgehead atoms. The second-order valence-electron chi connectivity index (χ2n) is 7.76. The van der Waals surface area contributed by atoms with Gasteiger partial charge in [-0.3, -0.25) is 4.79 Å². The smallest absolute Gasteiger partial charge is 0.282 e. The predicted octanol–water partition coefficient (Wildman–Crippen LogP) is 6.23. The Balaban J connectivity index is 1.85. The summed E-state index contributed by atoms with van der Waals surface area (Å²) in [4.78, 5) is 17.9. The van der Waals surface area contributed by atoms with Crippen molar-refractivity contribution < 1.29 is 0 Å². The number of aryl methyl sites for hydroxylation is 1. The van der Waals surface area contributed by atoms with Crippen molar-refractivity contribution in [3.63, 3.8) is 0 Å². The van der Waals surface area contributed by atoms with Crippen molar-refractivity contribution in [2.75, 3.05) is 0 Å². The Bertz CT molecular complexity index is 1380. The molecule has 0 N–H and O–H groups in total. The fourth-order valence-corrected chi connectivity index (χ4v) is 4.27. The first-order valence-corrected chi connectivity index (χ1v) is 11.2. The third-order valence-electron chi connectivity index (χ3n) is 5.23. The number of rotatable bonds is 4. The molecule has 0 spiro atoms. The molecule has 0 saturated heterocycles. The molecule has 31 heavy (non-hydrogen) atoms. The molecule has 0 aliphatic heterocycles. The minimum Gasteiger partial charge on any atom is -0.316 e. The van der Waals surface area contributed by atoms with E-state index >= 15 is 0 Å². The molecule has 2 aromatic carbocycles. The van der Waals surface area contributed by atoms with Gasteiger partial charge < -0.3 is 4.57 Å². The number of halogens is 2. The van der Waals surface area contributed by atoms with E-state index in [0.29, 0.717) is 21.7 Å². The van der Waals surface area contributed by atoms with E-state index in [1.807, 2.05) is 70.2 Å². The Kier molecular flexibility index (Phi) is 5.86. The molecule has 0 amide bonds. The van der Waals surface area contributed by atoms with E-state index in [1.54, 1.807) is 12.3 Å². The van der Waals surface area contributed by atoms with Crippen molar-refractivity contribution in [2.24, 2.45) is 5.10 Å². The lowest BCUT2D eigenvalue weighted by molar-refractivity contribution is 0.665. The minimum atomic E-state index is -0.189. The minimum absolute atomic E-state index is 0.0356. The van der Waals surface area contributed by atoms with Crippen LogP contribution in [0.15, 0.2) is 62.9 Å². The van der Waals surface area contributed by atoms with E-state index in [-0.39, 0.29) is 11.5 Å². The molecule has 0 unspecified atom stereocenters. The summed E-state index contributed by atoms with van der Waals surface area (Å²) in [5.41, 5.74) is 4.32. The maximum atomic E-state index is 13.2. The van der Waals surface area contributed by atoms with Gasteiger partial charge in [0, 0.05) is 27.3 Å². The summed E-state index contributed by atoms with van der Waals surface area (Å²) in [6.07, 6.45) is 1.72. The Labute approximate surface area is 194 Å². The monoisotopic (exact) mass is 496 g/mol. The van der Waals surface area contributed by atoms with Crippen LogP contribution in [-0.2, 0) is 0 Å². The quantitative estimate of drug-likeness (QED) is 0.314. The van der Waals surface area contributed by atoms with E-state index in [4.69, 9.17) is 16.6 Å². The predicted molar refractivity (Wildman–Crippen MR) is 131 cm³/mol. The maximum Gasteiger partial charge on any atom is 0.282 e. The average molecular weight is 498 g/mol. The lowest BCUT2D eigenvalue weighted by Gasteiger charge is -2.12. The first-order valence-electron chi connectivity index (χ1n) is 9.98. The van der Waals surface area contributed by atoms with E-state index in [0.717, 1.165) is 27.1 Å². The van der Waals surface area contributed by atoms with Crippen LogP contribution in [0.2, 0.25) is 5.02 Å². The topological polar surface area (TPSA) is 52.2 Å². The van der Waals surface area contributed by atoms with Gasteiger partial charge in [-0.15, -0.1) is 0 Å². The molecule has 7 heteroatoms. The summed E-state index contributed by atoms with van der Waals surface area (Å²) < 4.78 is 4.32. The Morgan fingerprint density at radius 3 is 2.58 bits per heavy atom. The zero-order chi connectivity index (χ0) is 22.3. The van der Waals surface area contributed by atoms with Crippen molar-refractivity contribution in [3.05, 3.63) is 91.2 Å². The number of fused-ring (bicyclic) bond motifs is 1. The van der Waals surface area contributed by atoms with Crippen LogP contribution in [0, 0.1) is 13.8 Å². The maximum absolute atomic E-state index is 13.2. The van der Waals surface area contributed by atoms with Crippen LogP contribution in [0.1, 0.15) is 42.5 Å². The van der Waals surface area contributed by atoms with E-state index in [1.165, 1.54) is 4.68 Å². The molecular weight excluding hydrogens is 476 g/mol. The third-order valence-corrected chi connectivity index (χ3v) is 6.04. The van der Waals surface area contributed by atoms with Gasteiger partial charge in [0.25, 0.3) is 5.56 Å². The van der Waals surface area contributed by atoms with Crippen molar-refractivity contribution in [1.82, 2.24) is 14.2 Å². The number of hydrogen-bond donors (Lipinski definition) is 0. The first kappa shape index (κ1) is 21.5. The number of aromatic nitrogens is 3. The fourth-order valence-electron chi connectivity index (χ4n) is 3.69. The van der Waals surface area contributed by atoms with E-state index in [9.17, 15) is 4.79 Å². The highest BCUT2D eigenvalue weighted by molar-refractivity contribution is 9.10. The van der Waals surface area contributed by atoms with Gasteiger partial charge >= 0.3 is 0 Å². The lowest BCUT2D eigenvalue weighted by Crippen LogP contribution is -2.23. The van der Waals surface area contributed by atoms with Crippen LogP contribution < -0.4 is 5.56 Å². The fraction of sp³-hybridized carbons (Fsp3) is 0.208. The van der Waals surface area contributed by atoms with Crippen LogP contribution in [0.3, 0.4) is 0 Å². The molecule has 0 radical (unpaired) electrons. The van der Waals surface area contributed by atoms with E-state index < -0.39 is 0 Å². The highest BCUT2D eigenvalue weighted by atomic mass is 79.9. The average Bonchev–Trinajstić information content (AvgIpc) is 3.01. The summed E-state index contributed by atoms with van der Waals surface area (Å²) >= 11 is 9.85. The van der Waals surface area contributed by atoms with Crippen molar-refractivity contribution >= 4 is 44.6 Å². The van der Waals surface area contributed by atoms with Crippen molar-refractivity contribution in [3.8, 4) is 5.69 Å². The molecule has 158 valence electrons. The van der Waals surface area contributed by atoms with Gasteiger partial charge in [-0.2, -0.15) is 9.78 Å². The number of benzene rings is 2. The number of hydrogen-bond acceptors (Lipinski definition) is 3. The second kappa shape index (κ2) is 8.44. The van der Waals surface area contributed by atoms with Crippen LogP contribution in [0.5, 0.6) is 0 Å². The third kappa shape index (κ3) is 3.98. The van der Waals surface area contributed by atoms with Crippen LogP contribution in [-0.4, -0.2) is 20.4 Å². The molecular formula is C24H22BrClN4O. The highest BCUT2D eigenvalue weighted by Gasteiger charge is 2.15. The molecule has 0 aliphatic carbocycles. The zero-order valence-corrected chi connectivity index (χ0v) is 20.1. The number of nitrogens with zero attached hydrogens (tertiary/aromatic N) is 4. The molecule has 0 saturated carbocycles. The summed E-state index contributed by atoms with van der Waals surface area (Å²) in [6, 6.07) is 15.3. The van der Waals surface area contributed by atoms with E-state index in [2.05, 4.69) is 25.6 Å². The number of para-hydroxylation sites is 1. The summed E-state index contributed by atoms with van der Waals surface area (Å²) in [6.45, 7) is 8.04. The van der Waals surface area contributed by atoms with Gasteiger partial charge in [0.1, 0.15) is 5.82 Å². The first-order chi connectivity index (χ1) is 14.8. The molecule has 5 nitrogen and oxygen atoms in total. The SMILES string of the molecule is Cc1cc(C=Nn2c(C(C)C)nc3ccc(Br)cc3c2=O)c(C)n1-c1ccccc1Cl. The highest BCUT2D eigenvalue weighted by Crippen LogP contribution is 2.26. The second-order valence-corrected chi connectivity index (χ2v) is 9.08. The van der Waals surface area contributed by atoms with Gasteiger partial charge in [0.2, 0.25) is 0 Å². The normalized spacial score (nSPS) is 11.8. The van der Waals surface area contributed by atoms with Crippen LogP contribution in [0.4, 0.5) is 0 Å². The van der Waals surface area contributed by atoms with Gasteiger partial charge in [-0.05, 0) is 50.2 Å². The van der Waals surface area contributed by atoms with Crippen molar-refractivity contribution in [1.29, 1.82) is 0 Å². The largest absolute Gasteiger partial charge is 0.316 e. The summed E-state index contributed by atoms with van der Waals surface area (Å²) in [5, 5.41) is 5.77.